The summed E-state index contributed by atoms with van der Waals surface area (Å²) in [6, 6.07) is 3.09. The van der Waals surface area contributed by atoms with Crippen molar-refractivity contribution in [3.05, 3.63) is 0 Å². The number of nitriles is 1. The summed E-state index contributed by atoms with van der Waals surface area (Å²) >= 11 is 0. The Balaban J connectivity index is 2.31. The number of rotatable bonds is 8. The first-order valence-electron chi connectivity index (χ1n) is 7.89. The van der Waals surface area contributed by atoms with Gasteiger partial charge in [-0.2, -0.15) is 5.26 Å². The summed E-state index contributed by atoms with van der Waals surface area (Å²) < 4.78 is 0. The van der Waals surface area contributed by atoms with Crippen LogP contribution in [0, 0.1) is 22.7 Å². The summed E-state index contributed by atoms with van der Waals surface area (Å²) in [4.78, 5) is 2.61. The van der Waals surface area contributed by atoms with Gasteiger partial charge in [0.25, 0.3) is 0 Å². The lowest BCUT2D eigenvalue weighted by atomic mass is 9.89. The van der Waals surface area contributed by atoms with Crippen molar-refractivity contribution in [3.63, 3.8) is 0 Å². The monoisotopic (exact) mass is 265 g/mol. The third kappa shape index (κ3) is 5.12. The Morgan fingerprint density at radius 1 is 1.32 bits per heavy atom. The van der Waals surface area contributed by atoms with Crippen molar-refractivity contribution >= 4 is 0 Å². The van der Waals surface area contributed by atoms with E-state index in [4.69, 9.17) is 11.0 Å². The molecule has 19 heavy (non-hydrogen) atoms. The van der Waals surface area contributed by atoms with Crippen LogP contribution in [0.3, 0.4) is 0 Å². The Morgan fingerprint density at radius 2 is 2.05 bits per heavy atom. The molecule has 0 heterocycles. The molecule has 110 valence electrons. The fraction of sp³-hybridized carbons (Fsp3) is 0.938. The minimum atomic E-state index is -0.163. The van der Waals surface area contributed by atoms with E-state index in [9.17, 15) is 0 Å². The van der Waals surface area contributed by atoms with Gasteiger partial charge in [-0.05, 0) is 65.1 Å². The molecular weight excluding hydrogens is 234 g/mol. The SMILES string of the molecule is CCN(CCCCC(C)(C)C#N)C1CCCC1CN. The highest BCUT2D eigenvalue weighted by Crippen LogP contribution is 2.29. The van der Waals surface area contributed by atoms with E-state index in [2.05, 4.69) is 17.9 Å². The molecule has 2 N–H and O–H groups in total. The van der Waals surface area contributed by atoms with Gasteiger partial charge in [0, 0.05) is 6.04 Å². The van der Waals surface area contributed by atoms with Crippen LogP contribution in [0.15, 0.2) is 0 Å². The molecule has 3 heteroatoms. The lowest BCUT2D eigenvalue weighted by Gasteiger charge is -2.32. The van der Waals surface area contributed by atoms with Crippen LogP contribution in [0.25, 0.3) is 0 Å². The van der Waals surface area contributed by atoms with Crippen molar-refractivity contribution in [2.24, 2.45) is 17.1 Å². The van der Waals surface area contributed by atoms with Crippen molar-refractivity contribution < 1.29 is 0 Å². The van der Waals surface area contributed by atoms with Gasteiger partial charge in [-0.3, -0.25) is 0 Å². The fourth-order valence-electron chi connectivity index (χ4n) is 3.27. The van der Waals surface area contributed by atoms with Crippen LogP contribution >= 0.6 is 0 Å². The smallest absolute Gasteiger partial charge is 0.0683 e. The van der Waals surface area contributed by atoms with Crippen LogP contribution in [0.4, 0.5) is 0 Å². The number of hydrogen-bond donors (Lipinski definition) is 1. The maximum atomic E-state index is 9.01. The molecule has 0 aliphatic heterocycles. The summed E-state index contributed by atoms with van der Waals surface area (Å²) in [5, 5.41) is 9.01. The number of nitrogens with zero attached hydrogens (tertiary/aromatic N) is 2. The van der Waals surface area contributed by atoms with Gasteiger partial charge in [0.05, 0.1) is 11.5 Å². The highest BCUT2D eigenvalue weighted by Gasteiger charge is 2.30. The fourth-order valence-corrected chi connectivity index (χ4v) is 3.27. The molecule has 1 aliphatic carbocycles. The zero-order valence-corrected chi connectivity index (χ0v) is 13.0. The van der Waals surface area contributed by atoms with E-state index in [0.717, 1.165) is 25.9 Å². The minimum absolute atomic E-state index is 0.163. The Hall–Kier alpha value is -0.590. The third-order valence-corrected chi connectivity index (χ3v) is 4.60. The maximum Gasteiger partial charge on any atom is 0.0683 e. The topological polar surface area (TPSA) is 53.0 Å². The molecule has 0 saturated heterocycles. The van der Waals surface area contributed by atoms with Crippen molar-refractivity contribution in [1.82, 2.24) is 4.90 Å². The van der Waals surface area contributed by atoms with Crippen molar-refractivity contribution in [2.45, 2.75) is 65.3 Å². The van der Waals surface area contributed by atoms with Gasteiger partial charge < -0.3 is 10.6 Å². The summed E-state index contributed by atoms with van der Waals surface area (Å²) in [5.74, 6) is 0.704. The molecule has 2 atom stereocenters. The van der Waals surface area contributed by atoms with Gasteiger partial charge in [-0.25, -0.2) is 0 Å². The Bertz CT molecular complexity index is 293. The van der Waals surface area contributed by atoms with Crippen LogP contribution in [0.5, 0.6) is 0 Å². The van der Waals surface area contributed by atoms with E-state index in [0.29, 0.717) is 12.0 Å². The predicted molar refractivity (Wildman–Crippen MR) is 80.7 cm³/mol. The lowest BCUT2D eigenvalue weighted by molar-refractivity contribution is 0.165. The van der Waals surface area contributed by atoms with E-state index in [1.807, 2.05) is 13.8 Å². The first-order chi connectivity index (χ1) is 9.04. The molecule has 0 aromatic rings. The molecule has 0 aromatic heterocycles. The summed E-state index contributed by atoms with van der Waals surface area (Å²) in [7, 11) is 0. The van der Waals surface area contributed by atoms with E-state index in [-0.39, 0.29) is 5.41 Å². The molecule has 0 aromatic carbocycles. The van der Waals surface area contributed by atoms with Gasteiger partial charge in [0.1, 0.15) is 0 Å². The van der Waals surface area contributed by atoms with E-state index >= 15 is 0 Å². The lowest BCUT2D eigenvalue weighted by Crippen LogP contribution is -2.40. The highest BCUT2D eigenvalue weighted by atomic mass is 15.2. The highest BCUT2D eigenvalue weighted by molar-refractivity contribution is 4.91. The zero-order valence-electron chi connectivity index (χ0n) is 13.0. The summed E-state index contributed by atoms with van der Waals surface area (Å²) in [6.07, 6.45) is 7.32. The Kier molecular flexibility index (Phi) is 6.82. The van der Waals surface area contributed by atoms with Crippen LogP contribution in [0.1, 0.15) is 59.3 Å². The quantitative estimate of drug-likeness (QED) is 0.686. The molecule has 3 nitrogen and oxygen atoms in total. The first-order valence-corrected chi connectivity index (χ1v) is 7.89. The third-order valence-electron chi connectivity index (χ3n) is 4.60. The Labute approximate surface area is 119 Å². The first kappa shape index (κ1) is 16.5. The van der Waals surface area contributed by atoms with Crippen molar-refractivity contribution in [1.29, 1.82) is 5.26 Å². The molecule has 0 bridgehead atoms. The van der Waals surface area contributed by atoms with Crippen LogP contribution in [-0.4, -0.2) is 30.6 Å². The van der Waals surface area contributed by atoms with E-state index in [1.54, 1.807) is 0 Å². The molecule has 1 rings (SSSR count). The second kappa shape index (κ2) is 7.87. The van der Waals surface area contributed by atoms with Crippen LogP contribution in [0.2, 0.25) is 0 Å². The molecule has 2 unspecified atom stereocenters. The normalized spacial score (nSPS) is 23.8. The molecule has 0 radical (unpaired) electrons. The Morgan fingerprint density at radius 3 is 2.63 bits per heavy atom. The van der Waals surface area contributed by atoms with Crippen molar-refractivity contribution in [3.8, 4) is 6.07 Å². The number of unbranched alkanes of at least 4 members (excludes halogenated alkanes) is 1. The molecule has 1 aliphatic rings. The molecular formula is C16H31N3. The average molecular weight is 265 g/mol. The molecule has 0 spiro atoms. The zero-order chi connectivity index (χ0) is 14.3. The van der Waals surface area contributed by atoms with Gasteiger partial charge in [-0.1, -0.05) is 19.8 Å². The summed E-state index contributed by atoms with van der Waals surface area (Å²) in [5.41, 5.74) is 5.72. The number of hydrogen-bond acceptors (Lipinski definition) is 3. The summed E-state index contributed by atoms with van der Waals surface area (Å²) in [6.45, 7) is 9.45. The van der Waals surface area contributed by atoms with Gasteiger partial charge in [0.2, 0.25) is 0 Å². The van der Waals surface area contributed by atoms with Crippen LogP contribution < -0.4 is 5.73 Å². The standard InChI is InChI=1S/C16H31N3/c1-4-19(15-9-7-8-14(15)12-17)11-6-5-10-16(2,3)13-18/h14-15H,4-12,17H2,1-3H3. The second-order valence-corrected chi connectivity index (χ2v) is 6.58. The van der Waals surface area contributed by atoms with E-state index < -0.39 is 0 Å². The van der Waals surface area contributed by atoms with E-state index in [1.165, 1.54) is 32.2 Å². The maximum absolute atomic E-state index is 9.01. The van der Waals surface area contributed by atoms with Crippen LogP contribution in [-0.2, 0) is 0 Å². The predicted octanol–water partition coefficient (Wildman–Crippen LogP) is 3.16. The van der Waals surface area contributed by atoms with Crippen molar-refractivity contribution in [2.75, 3.05) is 19.6 Å². The largest absolute Gasteiger partial charge is 0.330 e. The molecule has 0 amide bonds. The molecule has 1 fully saturated rings. The molecule has 1 saturated carbocycles. The van der Waals surface area contributed by atoms with Gasteiger partial charge in [-0.15, -0.1) is 0 Å². The second-order valence-electron chi connectivity index (χ2n) is 6.58. The average Bonchev–Trinajstić information content (AvgIpc) is 2.87. The van der Waals surface area contributed by atoms with Gasteiger partial charge in [0.15, 0.2) is 0 Å². The minimum Gasteiger partial charge on any atom is -0.330 e. The number of nitrogens with two attached hydrogens (primary N) is 1. The van der Waals surface area contributed by atoms with Gasteiger partial charge >= 0.3 is 0 Å².